The van der Waals surface area contributed by atoms with E-state index in [9.17, 15) is 4.79 Å². The van der Waals surface area contributed by atoms with E-state index in [-0.39, 0.29) is 12.3 Å². The first-order valence-corrected chi connectivity index (χ1v) is 6.08. The average molecular weight is 257 g/mol. The number of benzene rings is 1. The number of fused-ring (bicyclic) bond motifs is 1. The van der Waals surface area contributed by atoms with Crippen molar-refractivity contribution in [3.05, 3.63) is 41.4 Å². The largest absolute Gasteiger partial charge is 0.457 e. The fourth-order valence-electron chi connectivity index (χ4n) is 2.12. The van der Waals surface area contributed by atoms with E-state index in [0.29, 0.717) is 0 Å². The van der Waals surface area contributed by atoms with Crippen molar-refractivity contribution in [2.75, 3.05) is 18.6 Å². The van der Waals surface area contributed by atoms with Crippen LogP contribution < -0.4 is 4.90 Å². The molecule has 1 aliphatic rings. The van der Waals surface area contributed by atoms with Gasteiger partial charge in [-0.25, -0.2) is 4.79 Å². The third-order valence-corrected chi connectivity index (χ3v) is 3.06. The fourth-order valence-corrected chi connectivity index (χ4v) is 2.12. The highest BCUT2D eigenvalue weighted by atomic mass is 16.5. The van der Waals surface area contributed by atoms with Crippen LogP contribution in [0.25, 0.3) is 11.6 Å². The van der Waals surface area contributed by atoms with Crippen molar-refractivity contribution in [1.82, 2.24) is 0 Å². The highest BCUT2D eigenvalue weighted by molar-refractivity contribution is 6.37. The maximum atomic E-state index is 11.8. The van der Waals surface area contributed by atoms with E-state index < -0.39 is 12.0 Å². The average Bonchev–Trinajstić information content (AvgIpc) is 2.43. The Morgan fingerprint density at radius 2 is 2.21 bits per heavy atom. The quantitative estimate of drug-likeness (QED) is 0.358. The van der Waals surface area contributed by atoms with Gasteiger partial charge in [0.2, 0.25) is 0 Å². The first kappa shape index (κ1) is 13.1. The van der Waals surface area contributed by atoms with Crippen LogP contribution in [0.15, 0.2) is 30.3 Å². The summed E-state index contributed by atoms with van der Waals surface area (Å²) in [7, 11) is 1.84. The topological polar surface area (TPSA) is 65.9 Å². The Hall–Kier alpha value is -2.39. The van der Waals surface area contributed by atoms with Crippen molar-refractivity contribution < 1.29 is 14.3 Å². The van der Waals surface area contributed by atoms with Gasteiger partial charge in [-0.1, -0.05) is 24.3 Å². The van der Waals surface area contributed by atoms with Crippen molar-refractivity contribution in [3.63, 3.8) is 0 Å². The fraction of sp³-hybridized carbons (Fsp3) is 0.286. The predicted molar refractivity (Wildman–Crippen MR) is 72.9 cm³/mol. The Morgan fingerprint density at radius 3 is 2.89 bits per heavy atom. The summed E-state index contributed by atoms with van der Waals surface area (Å²) >= 11 is 0. The zero-order valence-electron chi connectivity index (χ0n) is 10.9. The molecule has 1 aromatic rings. The van der Waals surface area contributed by atoms with Crippen LogP contribution in [0.2, 0.25) is 0 Å². The molecule has 0 saturated carbocycles. The summed E-state index contributed by atoms with van der Waals surface area (Å²) in [5, 5.41) is 0. The molecule has 1 aromatic carbocycles. The molecule has 0 amide bonds. The van der Waals surface area contributed by atoms with E-state index in [1.165, 1.54) is 0 Å². The Morgan fingerprint density at radius 1 is 1.47 bits per heavy atom. The molecule has 5 heteroatoms. The van der Waals surface area contributed by atoms with Crippen LogP contribution >= 0.6 is 0 Å². The van der Waals surface area contributed by atoms with Gasteiger partial charge in [-0.05, 0) is 24.6 Å². The maximum absolute atomic E-state index is 11.8. The van der Waals surface area contributed by atoms with Gasteiger partial charge in [0, 0.05) is 12.7 Å². The standard InChI is InChI=1S/C14H15N3O2/c1-3-19-14(18)13(16-15)12-9-8-10-6-4-5-7-11(10)17(12)2/h4-9,12H,3H2,1-2H3. The van der Waals surface area contributed by atoms with E-state index in [1.807, 2.05) is 48.4 Å². The summed E-state index contributed by atoms with van der Waals surface area (Å²) in [6.07, 6.45) is 3.72. The third-order valence-electron chi connectivity index (χ3n) is 3.06. The summed E-state index contributed by atoms with van der Waals surface area (Å²) < 4.78 is 4.89. The van der Waals surface area contributed by atoms with Gasteiger partial charge in [-0.2, -0.15) is 4.79 Å². The summed E-state index contributed by atoms with van der Waals surface area (Å²) in [6.45, 7) is 1.96. The predicted octanol–water partition coefficient (Wildman–Crippen LogP) is 1.75. The number of likely N-dealkylation sites (N-methyl/N-ethyl adjacent to an activating group) is 1. The zero-order valence-corrected chi connectivity index (χ0v) is 10.9. The van der Waals surface area contributed by atoms with Crippen LogP contribution in [-0.2, 0) is 9.53 Å². The molecule has 0 aliphatic carbocycles. The Balaban J connectivity index is 2.34. The molecule has 2 rings (SSSR count). The van der Waals surface area contributed by atoms with Crippen LogP contribution in [0.4, 0.5) is 5.69 Å². The summed E-state index contributed by atoms with van der Waals surface area (Å²) in [5.41, 5.74) is 11.1. The molecular formula is C14H15N3O2. The number of hydrogen-bond acceptors (Lipinski definition) is 3. The minimum atomic E-state index is -0.606. The van der Waals surface area contributed by atoms with Crippen LogP contribution in [-0.4, -0.2) is 36.2 Å². The van der Waals surface area contributed by atoms with Gasteiger partial charge in [0.1, 0.15) is 0 Å². The molecular weight excluding hydrogens is 242 g/mol. The summed E-state index contributed by atoms with van der Waals surface area (Å²) in [4.78, 5) is 16.7. The second-order valence-corrected chi connectivity index (χ2v) is 4.18. The first-order chi connectivity index (χ1) is 9.19. The minimum absolute atomic E-state index is 0.0184. The normalized spacial score (nSPS) is 16.5. The maximum Gasteiger partial charge on any atom is 0.419 e. The number of para-hydroxylation sites is 1. The SMILES string of the molecule is CCOC(=O)C(=[N+]=[N-])C1C=Cc2ccccc2N1C. The number of hydrogen-bond donors (Lipinski definition) is 0. The summed E-state index contributed by atoms with van der Waals surface area (Å²) in [5.74, 6) is -0.606. The second-order valence-electron chi connectivity index (χ2n) is 4.18. The monoisotopic (exact) mass is 257 g/mol. The lowest BCUT2D eigenvalue weighted by atomic mass is 10.0. The van der Waals surface area contributed by atoms with Crippen LogP contribution in [0.5, 0.6) is 0 Å². The van der Waals surface area contributed by atoms with Gasteiger partial charge in [-0.15, -0.1) is 0 Å². The molecule has 1 aliphatic heterocycles. The first-order valence-electron chi connectivity index (χ1n) is 6.08. The van der Waals surface area contributed by atoms with E-state index in [2.05, 4.69) is 4.79 Å². The van der Waals surface area contributed by atoms with Crippen molar-refractivity contribution in [1.29, 1.82) is 0 Å². The highest BCUT2D eigenvalue weighted by Gasteiger charge is 2.36. The van der Waals surface area contributed by atoms with Crippen LogP contribution in [0.3, 0.4) is 0 Å². The molecule has 0 bridgehead atoms. The number of rotatable bonds is 3. The van der Waals surface area contributed by atoms with Crippen molar-refractivity contribution in [2.45, 2.75) is 13.0 Å². The molecule has 1 unspecified atom stereocenters. The second kappa shape index (κ2) is 5.50. The molecule has 0 spiro atoms. The Bertz CT molecular complexity index is 574. The van der Waals surface area contributed by atoms with Gasteiger partial charge in [0.25, 0.3) is 0 Å². The lowest BCUT2D eigenvalue weighted by Crippen LogP contribution is -2.43. The number of carbonyl (C=O) groups is 1. The van der Waals surface area contributed by atoms with Crippen LogP contribution in [0.1, 0.15) is 12.5 Å². The van der Waals surface area contributed by atoms with E-state index in [4.69, 9.17) is 10.3 Å². The molecule has 0 N–H and O–H groups in total. The number of carbonyl (C=O) groups excluding carboxylic acids is 1. The van der Waals surface area contributed by atoms with Crippen molar-refractivity contribution >= 4 is 23.4 Å². The minimum Gasteiger partial charge on any atom is -0.457 e. The zero-order chi connectivity index (χ0) is 13.8. The van der Waals surface area contributed by atoms with Crippen LogP contribution in [0, 0.1) is 0 Å². The number of esters is 1. The molecule has 1 heterocycles. The van der Waals surface area contributed by atoms with E-state index >= 15 is 0 Å². The highest BCUT2D eigenvalue weighted by Crippen LogP contribution is 2.27. The van der Waals surface area contributed by atoms with Gasteiger partial charge < -0.3 is 15.2 Å². The molecule has 0 radical (unpaired) electrons. The lowest BCUT2D eigenvalue weighted by Gasteiger charge is -2.28. The molecule has 98 valence electrons. The molecule has 0 saturated heterocycles. The number of ether oxygens (including phenoxy) is 1. The van der Waals surface area contributed by atoms with Gasteiger partial charge >= 0.3 is 11.7 Å². The molecule has 1 atom stereocenters. The van der Waals surface area contributed by atoms with Crippen molar-refractivity contribution in [3.8, 4) is 0 Å². The Labute approximate surface area is 111 Å². The Kier molecular flexibility index (Phi) is 3.78. The molecule has 0 fully saturated rings. The number of nitrogens with zero attached hydrogens (tertiary/aromatic N) is 3. The van der Waals surface area contributed by atoms with E-state index in [0.717, 1.165) is 11.3 Å². The molecule has 19 heavy (non-hydrogen) atoms. The third kappa shape index (κ3) is 2.41. The summed E-state index contributed by atoms with van der Waals surface area (Å²) in [6, 6.07) is 7.37. The van der Waals surface area contributed by atoms with Gasteiger partial charge in [0.15, 0.2) is 6.04 Å². The molecule has 0 aromatic heterocycles. The van der Waals surface area contributed by atoms with E-state index in [1.54, 1.807) is 6.92 Å². The van der Waals surface area contributed by atoms with Crippen molar-refractivity contribution in [2.24, 2.45) is 0 Å². The van der Waals surface area contributed by atoms with Gasteiger partial charge in [-0.3, -0.25) is 0 Å². The molecule has 5 nitrogen and oxygen atoms in total. The smallest absolute Gasteiger partial charge is 0.419 e. The number of anilines is 1. The lowest BCUT2D eigenvalue weighted by molar-refractivity contribution is -0.140. The van der Waals surface area contributed by atoms with Gasteiger partial charge in [0.05, 0.1) is 6.61 Å².